The molecule has 8 nitrogen and oxygen atoms in total. The fourth-order valence-corrected chi connectivity index (χ4v) is 3.89. The summed E-state index contributed by atoms with van der Waals surface area (Å²) in [6, 6.07) is 27.7. The van der Waals surface area contributed by atoms with Gasteiger partial charge in [-0.1, -0.05) is 72.3 Å². The van der Waals surface area contributed by atoms with Gasteiger partial charge in [0.25, 0.3) is 0 Å². The number of nitrogens with one attached hydrogen (secondary N) is 2. The molecular formula is C27H27ClN6O2. The Bertz CT molecular complexity index is 1220. The summed E-state index contributed by atoms with van der Waals surface area (Å²) in [5.41, 5.74) is 3.05. The van der Waals surface area contributed by atoms with Gasteiger partial charge < -0.3 is 10.6 Å². The van der Waals surface area contributed by atoms with Crippen LogP contribution in [0.2, 0.25) is 5.02 Å². The molecule has 4 aromatic rings. The fraction of sp³-hybridized carbons (Fsp3) is 0.185. The van der Waals surface area contributed by atoms with Crippen molar-refractivity contribution in [3.05, 3.63) is 117 Å². The second kappa shape index (κ2) is 12.6. The van der Waals surface area contributed by atoms with E-state index in [0.29, 0.717) is 11.6 Å². The highest BCUT2D eigenvalue weighted by Gasteiger charge is 2.17. The highest BCUT2D eigenvalue weighted by atomic mass is 35.5. The van der Waals surface area contributed by atoms with E-state index in [2.05, 4.69) is 49.8 Å². The number of benzene rings is 3. The van der Waals surface area contributed by atoms with Crippen LogP contribution in [0.15, 0.2) is 91.1 Å². The molecule has 184 valence electrons. The molecule has 0 spiro atoms. The molecule has 0 fully saturated rings. The van der Waals surface area contributed by atoms with Crippen LogP contribution in [-0.2, 0) is 13.1 Å². The fourth-order valence-electron chi connectivity index (χ4n) is 3.77. The molecule has 0 aliphatic carbocycles. The Morgan fingerprint density at radius 3 is 2.08 bits per heavy atom. The van der Waals surface area contributed by atoms with Gasteiger partial charge in [-0.25, -0.2) is 4.98 Å². The molecule has 4 rings (SSSR count). The molecule has 0 aliphatic rings. The van der Waals surface area contributed by atoms with E-state index in [1.165, 1.54) is 17.3 Å². The third-order valence-electron chi connectivity index (χ3n) is 5.51. The van der Waals surface area contributed by atoms with E-state index in [-0.39, 0.29) is 17.5 Å². The van der Waals surface area contributed by atoms with E-state index in [0.717, 1.165) is 31.7 Å². The number of aromatic nitrogens is 2. The van der Waals surface area contributed by atoms with Gasteiger partial charge >= 0.3 is 5.69 Å². The molecular weight excluding hydrogens is 476 g/mol. The molecule has 0 radical (unpaired) electrons. The van der Waals surface area contributed by atoms with Crippen LogP contribution in [0, 0.1) is 10.1 Å². The van der Waals surface area contributed by atoms with Gasteiger partial charge in [-0.15, -0.1) is 0 Å². The highest BCUT2D eigenvalue weighted by Crippen LogP contribution is 2.24. The summed E-state index contributed by atoms with van der Waals surface area (Å²) in [7, 11) is 0. The van der Waals surface area contributed by atoms with Crippen molar-refractivity contribution >= 4 is 34.7 Å². The van der Waals surface area contributed by atoms with Crippen molar-refractivity contribution in [1.82, 2.24) is 14.9 Å². The van der Waals surface area contributed by atoms with Gasteiger partial charge in [0.1, 0.15) is 6.20 Å². The Labute approximate surface area is 215 Å². The predicted molar refractivity (Wildman–Crippen MR) is 144 cm³/mol. The number of hydrogen-bond acceptors (Lipinski definition) is 7. The van der Waals surface area contributed by atoms with Gasteiger partial charge in [-0.05, 0) is 41.8 Å². The first kappa shape index (κ1) is 25.1. The average molecular weight is 503 g/mol. The van der Waals surface area contributed by atoms with Crippen molar-refractivity contribution in [3.8, 4) is 0 Å². The quantitative estimate of drug-likeness (QED) is 0.133. The number of rotatable bonds is 12. The normalized spacial score (nSPS) is 10.8. The van der Waals surface area contributed by atoms with Crippen LogP contribution < -0.4 is 10.6 Å². The summed E-state index contributed by atoms with van der Waals surface area (Å²) in [4.78, 5) is 21.8. The SMILES string of the molecule is O=[N+]([O-])c1cnc(Nc2ccc(Cl)cc2)nc1NCCCN(Cc1ccccc1)Cc1ccccc1. The first-order chi connectivity index (χ1) is 17.6. The molecule has 9 heteroatoms. The Kier molecular flexibility index (Phi) is 8.80. The number of nitro groups is 1. The molecule has 0 bridgehead atoms. The lowest BCUT2D eigenvalue weighted by molar-refractivity contribution is -0.384. The minimum Gasteiger partial charge on any atom is -0.364 e. The molecule has 0 atom stereocenters. The molecule has 2 N–H and O–H groups in total. The monoisotopic (exact) mass is 502 g/mol. The molecule has 0 unspecified atom stereocenters. The van der Waals surface area contributed by atoms with Crippen LogP contribution in [0.4, 0.5) is 23.1 Å². The Morgan fingerprint density at radius 1 is 0.889 bits per heavy atom. The third kappa shape index (κ3) is 7.49. The number of hydrogen-bond donors (Lipinski definition) is 2. The van der Waals surface area contributed by atoms with Crippen molar-refractivity contribution in [3.63, 3.8) is 0 Å². The number of anilines is 3. The zero-order valence-electron chi connectivity index (χ0n) is 19.7. The van der Waals surface area contributed by atoms with Gasteiger partial charge in [-0.3, -0.25) is 15.0 Å². The molecule has 0 saturated carbocycles. The number of halogens is 1. The number of nitrogens with zero attached hydrogens (tertiary/aromatic N) is 4. The Hall–Kier alpha value is -4.01. The molecule has 36 heavy (non-hydrogen) atoms. The standard InChI is InChI=1S/C27H27ClN6O2/c28-23-12-14-24(15-13-23)31-27-30-18-25(34(35)36)26(32-27)29-16-7-17-33(19-21-8-3-1-4-9-21)20-22-10-5-2-6-11-22/h1-6,8-15,18H,7,16-17,19-20H2,(H2,29,30,31,32). The van der Waals surface area contributed by atoms with Crippen LogP contribution in [0.25, 0.3) is 0 Å². The van der Waals surface area contributed by atoms with Crippen LogP contribution in [0.1, 0.15) is 17.5 Å². The molecule has 3 aromatic carbocycles. The van der Waals surface area contributed by atoms with E-state index in [1.54, 1.807) is 24.3 Å². The van der Waals surface area contributed by atoms with Gasteiger partial charge in [0.2, 0.25) is 11.8 Å². The topological polar surface area (TPSA) is 96.2 Å². The largest absolute Gasteiger partial charge is 0.364 e. The maximum atomic E-state index is 11.5. The van der Waals surface area contributed by atoms with Gasteiger partial charge in [0, 0.05) is 36.9 Å². The lowest BCUT2D eigenvalue weighted by atomic mass is 10.1. The minimum atomic E-state index is -0.481. The summed E-state index contributed by atoms with van der Waals surface area (Å²) < 4.78 is 0. The molecule has 1 heterocycles. The van der Waals surface area contributed by atoms with Crippen molar-refractivity contribution in [1.29, 1.82) is 0 Å². The van der Waals surface area contributed by atoms with Gasteiger partial charge in [0.05, 0.1) is 4.92 Å². The Balaban J connectivity index is 1.39. The van der Waals surface area contributed by atoms with Crippen LogP contribution in [-0.4, -0.2) is 32.9 Å². The predicted octanol–water partition coefficient (Wildman–Crippen LogP) is 6.29. The average Bonchev–Trinajstić information content (AvgIpc) is 2.89. The summed E-state index contributed by atoms with van der Waals surface area (Å²) in [6.45, 7) is 2.97. The minimum absolute atomic E-state index is 0.165. The highest BCUT2D eigenvalue weighted by molar-refractivity contribution is 6.30. The van der Waals surface area contributed by atoms with Crippen LogP contribution in [0.3, 0.4) is 0 Å². The second-order valence-corrected chi connectivity index (χ2v) is 8.72. The third-order valence-corrected chi connectivity index (χ3v) is 5.76. The second-order valence-electron chi connectivity index (χ2n) is 8.28. The van der Waals surface area contributed by atoms with Crippen molar-refractivity contribution in [2.75, 3.05) is 23.7 Å². The van der Waals surface area contributed by atoms with Crippen molar-refractivity contribution in [2.24, 2.45) is 0 Å². The molecule has 0 aliphatic heterocycles. The zero-order chi connectivity index (χ0) is 25.2. The van der Waals surface area contributed by atoms with Crippen molar-refractivity contribution in [2.45, 2.75) is 19.5 Å². The van der Waals surface area contributed by atoms with Gasteiger partial charge in [0.15, 0.2) is 0 Å². The Morgan fingerprint density at radius 2 is 1.50 bits per heavy atom. The van der Waals surface area contributed by atoms with E-state index in [4.69, 9.17) is 11.6 Å². The maximum absolute atomic E-state index is 11.5. The van der Waals surface area contributed by atoms with E-state index >= 15 is 0 Å². The van der Waals surface area contributed by atoms with Crippen LogP contribution >= 0.6 is 11.6 Å². The smallest absolute Gasteiger partial charge is 0.329 e. The first-order valence-electron chi connectivity index (χ1n) is 11.6. The summed E-state index contributed by atoms with van der Waals surface area (Å²) in [6.07, 6.45) is 1.99. The summed E-state index contributed by atoms with van der Waals surface area (Å²) >= 11 is 5.93. The lowest BCUT2D eigenvalue weighted by Gasteiger charge is -2.23. The van der Waals surface area contributed by atoms with Gasteiger partial charge in [-0.2, -0.15) is 4.98 Å². The molecule has 0 amide bonds. The van der Waals surface area contributed by atoms with E-state index < -0.39 is 4.92 Å². The van der Waals surface area contributed by atoms with Crippen molar-refractivity contribution < 1.29 is 4.92 Å². The van der Waals surface area contributed by atoms with E-state index in [9.17, 15) is 10.1 Å². The summed E-state index contributed by atoms with van der Waals surface area (Å²) in [5.74, 6) is 0.448. The van der Waals surface area contributed by atoms with E-state index in [1.807, 2.05) is 36.4 Å². The maximum Gasteiger partial charge on any atom is 0.329 e. The molecule has 1 aromatic heterocycles. The molecule has 0 saturated heterocycles. The lowest BCUT2D eigenvalue weighted by Crippen LogP contribution is -2.25. The zero-order valence-corrected chi connectivity index (χ0v) is 20.4. The first-order valence-corrected chi connectivity index (χ1v) is 12.0. The summed E-state index contributed by atoms with van der Waals surface area (Å²) in [5, 5.41) is 18.3. The van der Waals surface area contributed by atoms with Crippen LogP contribution in [0.5, 0.6) is 0 Å².